The van der Waals surface area contributed by atoms with E-state index < -0.39 is 0 Å². The van der Waals surface area contributed by atoms with Crippen molar-refractivity contribution in [1.29, 1.82) is 0 Å². The molecule has 1 heterocycles. The molecule has 0 fully saturated rings. The summed E-state index contributed by atoms with van der Waals surface area (Å²) in [5.41, 5.74) is 5.10. The number of hydrazine groups is 1. The Morgan fingerprint density at radius 3 is 2.47 bits per heavy atom. The maximum absolute atomic E-state index is 5.56. The predicted octanol–water partition coefficient (Wildman–Crippen LogP) is 2.12. The van der Waals surface area contributed by atoms with Crippen molar-refractivity contribution in [1.82, 2.24) is 5.43 Å². The van der Waals surface area contributed by atoms with Crippen molar-refractivity contribution in [3.63, 3.8) is 0 Å². The van der Waals surface area contributed by atoms with Crippen molar-refractivity contribution < 1.29 is 4.42 Å². The van der Waals surface area contributed by atoms with Crippen molar-refractivity contribution in [2.45, 2.75) is 39.7 Å². The number of nitrogens with two attached hydrogens (primary N) is 1. The van der Waals surface area contributed by atoms with Gasteiger partial charge in [-0.3, -0.25) is 11.3 Å². The van der Waals surface area contributed by atoms with E-state index in [9.17, 15) is 0 Å². The Morgan fingerprint density at radius 1 is 1.40 bits per heavy atom. The summed E-state index contributed by atoms with van der Waals surface area (Å²) in [4.78, 5) is 0. The van der Waals surface area contributed by atoms with Crippen molar-refractivity contribution in [3.8, 4) is 12.3 Å². The van der Waals surface area contributed by atoms with Gasteiger partial charge in [0, 0.05) is 12.0 Å². The summed E-state index contributed by atoms with van der Waals surface area (Å²) in [5, 5.41) is 0. The summed E-state index contributed by atoms with van der Waals surface area (Å²) in [6.07, 6.45) is 6.78. The first kappa shape index (κ1) is 11.8. The summed E-state index contributed by atoms with van der Waals surface area (Å²) < 4.78 is 5.56. The van der Waals surface area contributed by atoms with Crippen LogP contribution in [0.3, 0.4) is 0 Å². The molecule has 0 radical (unpaired) electrons. The molecule has 82 valence electrons. The Bertz CT molecular complexity index is 374. The van der Waals surface area contributed by atoms with Gasteiger partial charge in [-0.25, -0.2) is 0 Å². The minimum atomic E-state index is 0.0819. The molecular formula is C12H18N2O. The zero-order chi connectivity index (χ0) is 11.4. The molecule has 0 aliphatic carbocycles. The van der Waals surface area contributed by atoms with E-state index in [0.717, 1.165) is 29.1 Å². The van der Waals surface area contributed by atoms with Crippen molar-refractivity contribution >= 4 is 0 Å². The fourth-order valence-electron chi connectivity index (χ4n) is 1.86. The lowest BCUT2D eigenvalue weighted by Gasteiger charge is -2.15. The second-order valence-electron chi connectivity index (χ2n) is 3.72. The smallest absolute Gasteiger partial charge is 0.106 e. The Labute approximate surface area is 91.0 Å². The molecule has 0 aromatic carbocycles. The van der Waals surface area contributed by atoms with Gasteiger partial charge in [0.2, 0.25) is 0 Å². The van der Waals surface area contributed by atoms with Crippen LogP contribution in [0, 0.1) is 33.1 Å². The van der Waals surface area contributed by atoms with E-state index in [-0.39, 0.29) is 6.04 Å². The van der Waals surface area contributed by atoms with Crippen LogP contribution in [0.15, 0.2) is 4.42 Å². The van der Waals surface area contributed by atoms with Crippen LogP contribution in [0.5, 0.6) is 0 Å². The van der Waals surface area contributed by atoms with Crippen LogP contribution in [0.25, 0.3) is 0 Å². The molecule has 15 heavy (non-hydrogen) atoms. The van der Waals surface area contributed by atoms with Gasteiger partial charge >= 0.3 is 0 Å². The Morgan fingerprint density at radius 2 is 2.07 bits per heavy atom. The van der Waals surface area contributed by atoms with Crippen LogP contribution in [0.2, 0.25) is 0 Å². The van der Waals surface area contributed by atoms with Gasteiger partial charge < -0.3 is 4.42 Å². The Kier molecular flexibility index (Phi) is 3.96. The van der Waals surface area contributed by atoms with Crippen molar-refractivity contribution in [3.05, 3.63) is 22.6 Å². The van der Waals surface area contributed by atoms with Crippen molar-refractivity contribution in [2.24, 2.45) is 5.84 Å². The molecule has 1 atom stereocenters. The number of rotatable bonds is 4. The molecule has 0 aliphatic heterocycles. The van der Waals surface area contributed by atoms with Crippen LogP contribution in [-0.2, 0) is 0 Å². The van der Waals surface area contributed by atoms with Crippen molar-refractivity contribution in [2.75, 3.05) is 0 Å². The maximum Gasteiger partial charge on any atom is 0.106 e. The number of hydrogen-bond donors (Lipinski definition) is 2. The van der Waals surface area contributed by atoms with Crippen LogP contribution >= 0.6 is 0 Å². The van der Waals surface area contributed by atoms with Crippen LogP contribution in [0.1, 0.15) is 41.5 Å². The van der Waals surface area contributed by atoms with E-state index in [0.29, 0.717) is 6.42 Å². The zero-order valence-electron chi connectivity index (χ0n) is 9.55. The van der Waals surface area contributed by atoms with Gasteiger partial charge in [-0.2, -0.15) is 0 Å². The molecule has 0 spiro atoms. The molecule has 3 heteroatoms. The molecule has 0 bridgehead atoms. The Hall–Kier alpha value is -1.24. The normalized spacial score (nSPS) is 12.5. The molecule has 0 aliphatic rings. The topological polar surface area (TPSA) is 51.2 Å². The predicted molar refractivity (Wildman–Crippen MR) is 61.1 cm³/mol. The number of nitrogens with one attached hydrogen (secondary N) is 1. The number of furan rings is 1. The first-order chi connectivity index (χ1) is 7.11. The zero-order valence-corrected chi connectivity index (χ0v) is 9.55. The summed E-state index contributed by atoms with van der Waals surface area (Å²) in [6, 6.07) is 0.0819. The SMILES string of the molecule is C#CCCC(NN)c1c(C)oc(C)c1C. The monoisotopic (exact) mass is 206 g/mol. The minimum absolute atomic E-state index is 0.0819. The van der Waals surface area contributed by atoms with Crippen LogP contribution in [-0.4, -0.2) is 0 Å². The summed E-state index contributed by atoms with van der Waals surface area (Å²) in [6.45, 7) is 5.96. The fourth-order valence-corrected chi connectivity index (χ4v) is 1.86. The second kappa shape index (κ2) is 5.01. The van der Waals surface area contributed by atoms with Gasteiger partial charge in [0.05, 0.1) is 6.04 Å². The molecule has 3 N–H and O–H groups in total. The summed E-state index contributed by atoms with van der Waals surface area (Å²) >= 11 is 0. The fraction of sp³-hybridized carbons (Fsp3) is 0.500. The van der Waals surface area contributed by atoms with Crippen LogP contribution in [0.4, 0.5) is 0 Å². The maximum atomic E-state index is 5.56. The summed E-state index contributed by atoms with van der Waals surface area (Å²) in [7, 11) is 0. The van der Waals surface area contributed by atoms with Gasteiger partial charge in [-0.1, -0.05) is 0 Å². The van der Waals surface area contributed by atoms with Gasteiger partial charge in [-0.05, 0) is 32.8 Å². The standard InChI is InChI=1S/C12H18N2O/c1-5-6-7-11(14-13)12-8(2)9(3)15-10(12)4/h1,11,14H,6-7,13H2,2-4H3. The van der Waals surface area contributed by atoms with E-state index in [4.69, 9.17) is 16.7 Å². The first-order valence-corrected chi connectivity index (χ1v) is 5.07. The lowest BCUT2D eigenvalue weighted by atomic mass is 9.99. The average molecular weight is 206 g/mol. The van der Waals surface area contributed by atoms with Gasteiger partial charge in [0.1, 0.15) is 11.5 Å². The highest BCUT2D eigenvalue weighted by Gasteiger charge is 2.19. The molecular weight excluding hydrogens is 188 g/mol. The van der Waals surface area contributed by atoms with E-state index >= 15 is 0 Å². The molecule has 1 unspecified atom stereocenters. The highest BCUT2D eigenvalue weighted by molar-refractivity contribution is 5.34. The van der Waals surface area contributed by atoms with Gasteiger partial charge in [0.15, 0.2) is 0 Å². The largest absolute Gasteiger partial charge is 0.466 e. The molecule has 1 rings (SSSR count). The third-order valence-corrected chi connectivity index (χ3v) is 2.74. The van der Waals surface area contributed by atoms with E-state index in [1.54, 1.807) is 0 Å². The molecule has 0 saturated carbocycles. The van der Waals surface area contributed by atoms with E-state index in [2.05, 4.69) is 11.3 Å². The lowest BCUT2D eigenvalue weighted by Crippen LogP contribution is -2.28. The average Bonchev–Trinajstić information content (AvgIpc) is 2.45. The molecule has 0 saturated heterocycles. The second-order valence-corrected chi connectivity index (χ2v) is 3.72. The Balaban J connectivity index is 2.96. The minimum Gasteiger partial charge on any atom is -0.466 e. The van der Waals surface area contributed by atoms with E-state index in [1.807, 2.05) is 20.8 Å². The van der Waals surface area contributed by atoms with Gasteiger partial charge in [-0.15, -0.1) is 12.3 Å². The highest BCUT2D eigenvalue weighted by atomic mass is 16.3. The third-order valence-electron chi connectivity index (χ3n) is 2.74. The van der Waals surface area contributed by atoms with Gasteiger partial charge in [0.25, 0.3) is 0 Å². The highest BCUT2D eigenvalue weighted by Crippen LogP contribution is 2.28. The third kappa shape index (κ3) is 2.41. The number of hydrogen-bond acceptors (Lipinski definition) is 3. The first-order valence-electron chi connectivity index (χ1n) is 5.07. The molecule has 0 amide bonds. The molecule has 1 aromatic heterocycles. The molecule has 1 aromatic rings. The summed E-state index contributed by atoms with van der Waals surface area (Å²) in [5.74, 6) is 10.0. The van der Waals surface area contributed by atoms with Crippen LogP contribution < -0.4 is 11.3 Å². The molecule has 3 nitrogen and oxygen atoms in total. The number of terminal acetylenes is 1. The van der Waals surface area contributed by atoms with E-state index in [1.165, 1.54) is 0 Å². The quantitative estimate of drug-likeness (QED) is 0.451. The number of aryl methyl sites for hydroxylation is 2. The lowest BCUT2D eigenvalue weighted by molar-refractivity contribution is 0.477.